The van der Waals surface area contributed by atoms with Crippen molar-refractivity contribution in [3.05, 3.63) is 0 Å². The van der Waals surface area contributed by atoms with Gasteiger partial charge in [0.05, 0.1) is 0 Å². The summed E-state index contributed by atoms with van der Waals surface area (Å²) in [6, 6.07) is -0.731. The summed E-state index contributed by atoms with van der Waals surface area (Å²) in [4.78, 5) is 9.57. The molecular formula is C3H9MgNO2. The smallest absolute Gasteiger partial charge is 1.00 e. The maximum atomic E-state index is 9.57. The summed E-state index contributed by atoms with van der Waals surface area (Å²) >= 11 is 0. The summed E-state index contributed by atoms with van der Waals surface area (Å²) < 4.78 is 0. The average molecular weight is 115 g/mol. The zero-order valence-electron chi connectivity index (χ0n) is 6.22. The van der Waals surface area contributed by atoms with Crippen molar-refractivity contribution in [3.8, 4) is 0 Å². The molecule has 0 aromatic carbocycles. The van der Waals surface area contributed by atoms with Gasteiger partial charge < -0.3 is 13.7 Å². The minimum Gasteiger partial charge on any atom is -1.00 e. The van der Waals surface area contributed by atoms with E-state index in [0.717, 1.165) is 0 Å². The van der Waals surface area contributed by atoms with Crippen LogP contribution in [0.25, 0.3) is 0 Å². The third kappa shape index (κ3) is 6.20. The number of aliphatic carboxylic acids is 1. The van der Waals surface area contributed by atoms with E-state index >= 15 is 0 Å². The summed E-state index contributed by atoms with van der Waals surface area (Å²) in [5.41, 5.74) is 4.84. The maximum absolute atomic E-state index is 9.57. The van der Waals surface area contributed by atoms with Crippen LogP contribution in [-0.4, -0.2) is 40.2 Å². The van der Waals surface area contributed by atoms with Crippen molar-refractivity contribution in [3.63, 3.8) is 0 Å². The Morgan fingerprint density at radius 2 is 2.14 bits per heavy atom. The first-order chi connectivity index (χ1) is 2.64. The summed E-state index contributed by atoms with van der Waals surface area (Å²) in [7, 11) is 0. The Morgan fingerprint density at radius 1 is 2.00 bits per heavy atom. The van der Waals surface area contributed by atoms with Gasteiger partial charge in [0.25, 0.3) is 0 Å². The summed E-state index contributed by atoms with van der Waals surface area (Å²) in [5.74, 6) is -0.963. The number of nitrogens with two attached hydrogens (primary N) is 1. The Bertz CT molecular complexity index is 70.8. The van der Waals surface area contributed by atoms with E-state index in [0.29, 0.717) is 0 Å². The number of hydrogen-bond donors (Lipinski definition) is 2. The van der Waals surface area contributed by atoms with Crippen molar-refractivity contribution in [1.82, 2.24) is 0 Å². The molecule has 1 atom stereocenters. The van der Waals surface area contributed by atoms with Crippen LogP contribution in [0.1, 0.15) is 9.78 Å². The second-order valence-electron chi connectivity index (χ2n) is 1.13. The van der Waals surface area contributed by atoms with Gasteiger partial charge in [-0.1, -0.05) is 0 Å². The minimum atomic E-state index is -0.963. The van der Waals surface area contributed by atoms with Crippen molar-refractivity contribution < 1.29 is 12.8 Å². The maximum Gasteiger partial charge on any atom is 2.00 e. The molecule has 0 amide bonds. The van der Waals surface area contributed by atoms with Gasteiger partial charge in [0.15, 0.2) is 0 Å². The average Bonchev–Trinajstić information content (AvgIpc) is 1.36. The Balaban J connectivity index is -0.0000000417. The second kappa shape index (κ2) is 4.36. The minimum absolute atomic E-state index is 0. The number of carbonyl (C=O) groups is 1. The van der Waals surface area contributed by atoms with E-state index in [2.05, 4.69) is 0 Å². The second-order valence-corrected chi connectivity index (χ2v) is 1.13. The molecule has 0 aromatic rings. The number of carboxylic acids is 1. The molecule has 0 rings (SSSR count). The largest absolute Gasteiger partial charge is 2.00 e. The van der Waals surface area contributed by atoms with E-state index in [4.69, 9.17) is 10.8 Å². The van der Waals surface area contributed by atoms with Crippen molar-refractivity contribution in [2.24, 2.45) is 5.73 Å². The molecular weight excluding hydrogens is 106 g/mol. The number of rotatable bonds is 1. The molecule has 40 valence electrons. The molecule has 0 bridgehead atoms. The van der Waals surface area contributed by atoms with Gasteiger partial charge in [0.2, 0.25) is 0 Å². The molecule has 0 fully saturated rings. The van der Waals surface area contributed by atoms with Crippen molar-refractivity contribution in [1.29, 1.82) is 0 Å². The molecule has 1 unspecified atom stereocenters. The predicted molar refractivity (Wildman–Crippen MR) is 29.3 cm³/mol. The molecule has 0 saturated carbocycles. The van der Waals surface area contributed by atoms with Gasteiger partial charge in [-0.05, 0) is 6.92 Å². The Kier molecular flexibility index (Phi) is 6.37. The summed E-state index contributed by atoms with van der Waals surface area (Å²) in [6.45, 7) is 1.42. The van der Waals surface area contributed by atoms with Gasteiger partial charge >= 0.3 is 29.0 Å². The van der Waals surface area contributed by atoms with E-state index in [1.54, 1.807) is 0 Å². The van der Waals surface area contributed by atoms with Gasteiger partial charge in [-0.3, -0.25) is 4.79 Å². The summed E-state index contributed by atoms with van der Waals surface area (Å²) in [6.07, 6.45) is 0. The van der Waals surface area contributed by atoms with Gasteiger partial charge in [-0.25, -0.2) is 0 Å². The van der Waals surface area contributed by atoms with E-state index in [1.165, 1.54) is 6.92 Å². The molecule has 0 spiro atoms. The zero-order valence-corrected chi connectivity index (χ0v) is 5.63. The first kappa shape index (κ1) is 10.2. The zero-order chi connectivity index (χ0) is 5.15. The van der Waals surface area contributed by atoms with Gasteiger partial charge in [-0.2, -0.15) is 0 Å². The Morgan fingerprint density at radius 3 is 2.14 bits per heavy atom. The Labute approximate surface area is 61.0 Å². The fraction of sp³-hybridized carbons (Fsp3) is 0.667. The SMILES string of the molecule is CC(N)C(=O)O.[H-].[H-].[Mg+2]. The molecule has 3 N–H and O–H groups in total. The van der Waals surface area contributed by atoms with Crippen LogP contribution < -0.4 is 5.73 Å². The molecule has 0 aromatic heterocycles. The van der Waals surface area contributed by atoms with Crippen LogP contribution in [0.4, 0.5) is 0 Å². The molecule has 0 aliphatic heterocycles. The fourth-order valence-electron chi connectivity index (χ4n) is 0. The molecule has 3 nitrogen and oxygen atoms in total. The predicted octanol–water partition coefficient (Wildman–Crippen LogP) is -0.738. The van der Waals surface area contributed by atoms with Crippen LogP contribution >= 0.6 is 0 Å². The first-order valence-corrected chi connectivity index (χ1v) is 1.63. The van der Waals surface area contributed by atoms with Crippen LogP contribution in [-0.2, 0) is 4.79 Å². The van der Waals surface area contributed by atoms with Gasteiger partial charge in [0, 0.05) is 0 Å². The third-order valence-electron chi connectivity index (χ3n) is 0.390. The van der Waals surface area contributed by atoms with Gasteiger partial charge in [0.1, 0.15) is 6.04 Å². The molecule has 0 radical (unpaired) electrons. The number of carboxylic acid groups (broad SMARTS) is 1. The standard InChI is InChI=1S/C3H7NO2.Mg.2H/c1-2(4)3(5)6;;;/h2H,4H2,1H3,(H,5,6);;;/q;+2;2*-1. The molecule has 0 aliphatic carbocycles. The molecule has 0 saturated heterocycles. The van der Waals surface area contributed by atoms with Crippen LogP contribution in [0, 0.1) is 0 Å². The van der Waals surface area contributed by atoms with Crippen molar-refractivity contribution >= 4 is 29.0 Å². The topological polar surface area (TPSA) is 63.3 Å². The number of hydrogen-bond acceptors (Lipinski definition) is 2. The van der Waals surface area contributed by atoms with Gasteiger partial charge in [-0.15, -0.1) is 0 Å². The van der Waals surface area contributed by atoms with Crippen LogP contribution in [0.3, 0.4) is 0 Å². The molecule has 4 heteroatoms. The van der Waals surface area contributed by atoms with E-state index in [1.807, 2.05) is 0 Å². The molecule has 7 heavy (non-hydrogen) atoms. The molecule has 0 aliphatic rings. The monoisotopic (exact) mass is 115 g/mol. The molecule has 0 heterocycles. The summed E-state index contributed by atoms with van der Waals surface area (Å²) in [5, 5.41) is 7.87. The van der Waals surface area contributed by atoms with Crippen molar-refractivity contribution in [2.75, 3.05) is 0 Å². The third-order valence-corrected chi connectivity index (χ3v) is 0.390. The van der Waals surface area contributed by atoms with E-state index in [9.17, 15) is 4.79 Å². The van der Waals surface area contributed by atoms with Crippen molar-refractivity contribution in [2.45, 2.75) is 13.0 Å². The first-order valence-electron chi connectivity index (χ1n) is 1.63. The van der Waals surface area contributed by atoms with E-state index < -0.39 is 12.0 Å². The van der Waals surface area contributed by atoms with Crippen LogP contribution in [0.15, 0.2) is 0 Å². The normalized spacial score (nSPS) is 11.7. The van der Waals surface area contributed by atoms with Crippen LogP contribution in [0.2, 0.25) is 0 Å². The quantitative estimate of drug-likeness (QED) is 0.443. The van der Waals surface area contributed by atoms with E-state index in [-0.39, 0.29) is 25.9 Å². The fourth-order valence-corrected chi connectivity index (χ4v) is 0. The Hall–Kier alpha value is 0.196. The van der Waals surface area contributed by atoms with Crippen LogP contribution in [0.5, 0.6) is 0 Å².